The van der Waals surface area contributed by atoms with Crippen LogP contribution in [0, 0.1) is 13.8 Å². The third-order valence-corrected chi connectivity index (χ3v) is 4.53. The van der Waals surface area contributed by atoms with Gasteiger partial charge in [-0.1, -0.05) is 0 Å². The highest BCUT2D eigenvalue weighted by atomic mass is 32.1. The summed E-state index contributed by atoms with van der Waals surface area (Å²) in [6, 6.07) is 13.7. The Hall–Kier alpha value is -2.39. The van der Waals surface area contributed by atoms with Gasteiger partial charge in [0.25, 0.3) is 0 Å². The standard InChI is InChI=1S/C19H17NOS/c1-14-13-17(15(2)22-14)7-10-19(21)16-5-8-18(9-6-16)20-11-3-4-12-20/h3-13H,1-2H3/b10-7+. The average molecular weight is 307 g/mol. The van der Waals surface area contributed by atoms with Gasteiger partial charge >= 0.3 is 0 Å². The number of carbonyl (C=O) groups is 1. The first-order valence-corrected chi connectivity index (χ1v) is 7.98. The molecule has 1 aromatic carbocycles. The number of ketones is 1. The fraction of sp³-hybridized carbons (Fsp3) is 0.105. The number of carbonyl (C=O) groups excluding carboxylic acids is 1. The van der Waals surface area contributed by atoms with Crippen LogP contribution in [0.3, 0.4) is 0 Å². The molecule has 3 rings (SSSR count). The van der Waals surface area contributed by atoms with Gasteiger partial charge in [-0.05, 0) is 74.0 Å². The van der Waals surface area contributed by atoms with Crippen molar-refractivity contribution in [1.29, 1.82) is 0 Å². The average Bonchev–Trinajstić information content (AvgIpc) is 3.15. The molecule has 0 spiro atoms. The molecule has 0 saturated carbocycles. The van der Waals surface area contributed by atoms with Gasteiger partial charge in [-0.2, -0.15) is 0 Å². The fourth-order valence-corrected chi connectivity index (χ4v) is 3.30. The Morgan fingerprint density at radius 2 is 1.77 bits per heavy atom. The van der Waals surface area contributed by atoms with Crippen LogP contribution in [0.25, 0.3) is 11.8 Å². The summed E-state index contributed by atoms with van der Waals surface area (Å²) in [5.41, 5.74) is 2.88. The van der Waals surface area contributed by atoms with Crippen LogP contribution in [-0.2, 0) is 0 Å². The fourth-order valence-electron chi connectivity index (χ4n) is 2.38. The summed E-state index contributed by atoms with van der Waals surface area (Å²) in [6.07, 6.45) is 7.52. The van der Waals surface area contributed by atoms with Crippen LogP contribution >= 0.6 is 11.3 Å². The van der Waals surface area contributed by atoms with Crippen LogP contribution in [0.5, 0.6) is 0 Å². The van der Waals surface area contributed by atoms with Crippen molar-refractivity contribution in [3.05, 3.63) is 81.8 Å². The summed E-state index contributed by atoms with van der Waals surface area (Å²) >= 11 is 1.75. The number of thiophene rings is 1. The lowest BCUT2D eigenvalue weighted by molar-refractivity contribution is 0.104. The van der Waals surface area contributed by atoms with Crippen molar-refractivity contribution in [2.45, 2.75) is 13.8 Å². The van der Waals surface area contributed by atoms with E-state index >= 15 is 0 Å². The van der Waals surface area contributed by atoms with Crippen LogP contribution in [0.1, 0.15) is 25.7 Å². The van der Waals surface area contributed by atoms with E-state index < -0.39 is 0 Å². The summed E-state index contributed by atoms with van der Waals surface area (Å²) in [5.74, 6) is 0.0299. The first kappa shape index (κ1) is 14.5. The van der Waals surface area contributed by atoms with E-state index in [1.807, 2.05) is 59.4 Å². The van der Waals surface area contributed by atoms with Gasteiger partial charge in [0.2, 0.25) is 0 Å². The molecule has 0 aliphatic heterocycles. The molecule has 110 valence electrons. The van der Waals surface area contributed by atoms with E-state index in [4.69, 9.17) is 0 Å². The molecule has 0 unspecified atom stereocenters. The van der Waals surface area contributed by atoms with Crippen LogP contribution in [0.4, 0.5) is 0 Å². The molecule has 2 aromatic heterocycles. The second-order valence-electron chi connectivity index (χ2n) is 5.20. The second kappa shape index (κ2) is 6.16. The smallest absolute Gasteiger partial charge is 0.185 e. The topological polar surface area (TPSA) is 22.0 Å². The number of hydrogen-bond donors (Lipinski definition) is 0. The molecule has 3 aromatic rings. The predicted molar refractivity (Wildman–Crippen MR) is 92.9 cm³/mol. The Morgan fingerprint density at radius 1 is 1.09 bits per heavy atom. The normalized spacial score (nSPS) is 11.2. The van der Waals surface area contributed by atoms with E-state index in [9.17, 15) is 4.79 Å². The third-order valence-electron chi connectivity index (χ3n) is 3.55. The Labute approximate surface area is 134 Å². The minimum Gasteiger partial charge on any atom is -0.324 e. The SMILES string of the molecule is Cc1cc(/C=C/C(=O)c2ccc(-n3cccc3)cc2)c(C)s1. The van der Waals surface area contributed by atoms with Gasteiger partial charge in [-0.3, -0.25) is 4.79 Å². The maximum absolute atomic E-state index is 12.2. The van der Waals surface area contributed by atoms with E-state index in [1.165, 1.54) is 9.75 Å². The summed E-state index contributed by atoms with van der Waals surface area (Å²) in [6.45, 7) is 4.16. The molecule has 0 bridgehead atoms. The summed E-state index contributed by atoms with van der Waals surface area (Å²) in [7, 11) is 0. The second-order valence-corrected chi connectivity index (χ2v) is 6.66. The van der Waals surface area contributed by atoms with E-state index in [1.54, 1.807) is 17.4 Å². The highest BCUT2D eigenvalue weighted by molar-refractivity contribution is 7.12. The van der Waals surface area contributed by atoms with Crippen molar-refractivity contribution in [1.82, 2.24) is 4.57 Å². The largest absolute Gasteiger partial charge is 0.324 e. The number of hydrogen-bond acceptors (Lipinski definition) is 2. The molecule has 0 saturated heterocycles. The number of nitrogens with zero attached hydrogens (tertiary/aromatic N) is 1. The van der Waals surface area contributed by atoms with Crippen LogP contribution < -0.4 is 0 Å². The minimum atomic E-state index is 0.0299. The van der Waals surface area contributed by atoms with Crippen LogP contribution in [-0.4, -0.2) is 10.4 Å². The number of allylic oxidation sites excluding steroid dienone is 1. The molecule has 22 heavy (non-hydrogen) atoms. The van der Waals surface area contributed by atoms with Gasteiger partial charge in [0.1, 0.15) is 0 Å². The molecule has 2 heterocycles. The maximum Gasteiger partial charge on any atom is 0.185 e. The van der Waals surface area contributed by atoms with Gasteiger partial charge in [0.05, 0.1) is 0 Å². The van der Waals surface area contributed by atoms with Gasteiger partial charge in [-0.15, -0.1) is 11.3 Å². The highest BCUT2D eigenvalue weighted by Gasteiger charge is 2.04. The highest BCUT2D eigenvalue weighted by Crippen LogP contribution is 2.22. The summed E-state index contributed by atoms with van der Waals surface area (Å²) < 4.78 is 2.02. The lowest BCUT2D eigenvalue weighted by atomic mass is 10.1. The first-order valence-electron chi connectivity index (χ1n) is 7.16. The lowest BCUT2D eigenvalue weighted by Gasteiger charge is -2.03. The summed E-state index contributed by atoms with van der Waals surface area (Å²) in [4.78, 5) is 14.7. The number of aryl methyl sites for hydroxylation is 2. The molecule has 2 nitrogen and oxygen atoms in total. The van der Waals surface area contributed by atoms with Crippen molar-refractivity contribution in [2.24, 2.45) is 0 Å². The van der Waals surface area contributed by atoms with E-state index in [-0.39, 0.29) is 5.78 Å². The van der Waals surface area contributed by atoms with Crippen molar-refractivity contribution in [3.63, 3.8) is 0 Å². The van der Waals surface area contributed by atoms with Gasteiger partial charge in [0.15, 0.2) is 5.78 Å². The zero-order chi connectivity index (χ0) is 15.5. The quantitative estimate of drug-likeness (QED) is 0.488. The van der Waals surface area contributed by atoms with E-state index in [2.05, 4.69) is 19.9 Å². The molecular formula is C19H17NOS. The number of rotatable bonds is 4. The molecule has 0 N–H and O–H groups in total. The van der Waals surface area contributed by atoms with Crippen molar-refractivity contribution < 1.29 is 4.79 Å². The van der Waals surface area contributed by atoms with Gasteiger partial charge in [-0.25, -0.2) is 0 Å². The number of benzene rings is 1. The Balaban J connectivity index is 1.76. The maximum atomic E-state index is 12.2. The minimum absolute atomic E-state index is 0.0299. The molecule has 0 radical (unpaired) electrons. The molecule has 0 amide bonds. The van der Waals surface area contributed by atoms with Crippen LogP contribution in [0.2, 0.25) is 0 Å². The molecule has 0 aliphatic carbocycles. The zero-order valence-electron chi connectivity index (χ0n) is 12.6. The lowest BCUT2D eigenvalue weighted by Crippen LogP contribution is -1.96. The Kier molecular flexibility index (Phi) is 4.07. The monoisotopic (exact) mass is 307 g/mol. The Bertz CT molecular complexity index is 808. The molecule has 0 fully saturated rings. The van der Waals surface area contributed by atoms with Crippen molar-refractivity contribution >= 4 is 23.2 Å². The van der Waals surface area contributed by atoms with Gasteiger partial charge < -0.3 is 4.57 Å². The molecule has 0 aliphatic rings. The number of aromatic nitrogens is 1. The molecule has 3 heteroatoms. The van der Waals surface area contributed by atoms with Crippen molar-refractivity contribution in [3.8, 4) is 5.69 Å². The summed E-state index contributed by atoms with van der Waals surface area (Å²) in [5, 5.41) is 0. The Morgan fingerprint density at radius 3 is 2.36 bits per heavy atom. The van der Waals surface area contributed by atoms with Crippen LogP contribution in [0.15, 0.2) is 60.9 Å². The first-order chi connectivity index (χ1) is 10.6. The molecular weight excluding hydrogens is 290 g/mol. The zero-order valence-corrected chi connectivity index (χ0v) is 13.4. The van der Waals surface area contributed by atoms with E-state index in [0.29, 0.717) is 5.56 Å². The van der Waals surface area contributed by atoms with Crippen molar-refractivity contribution in [2.75, 3.05) is 0 Å². The third kappa shape index (κ3) is 3.10. The van der Waals surface area contributed by atoms with E-state index in [0.717, 1.165) is 11.3 Å². The molecule has 0 atom stereocenters. The van der Waals surface area contributed by atoms with Gasteiger partial charge in [0, 0.05) is 33.4 Å². The predicted octanol–water partition coefficient (Wildman–Crippen LogP) is 5.05.